The molecule has 0 saturated carbocycles. The molecule has 0 amide bonds. The lowest BCUT2D eigenvalue weighted by molar-refractivity contribution is -0.385. The van der Waals surface area contributed by atoms with Crippen LogP contribution < -0.4 is 0 Å². The zero-order valence-electron chi connectivity index (χ0n) is 5.67. The number of hydrogen-bond donors (Lipinski definition) is 0. The predicted molar refractivity (Wildman–Crippen MR) is 41.9 cm³/mol. The van der Waals surface area contributed by atoms with Crippen LogP contribution in [-0.2, 0) is 0 Å². The number of nitrogens with zero attached hydrogens (tertiary/aromatic N) is 4. The predicted octanol–water partition coefficient (Wildman–Crippen LogP) is 0.994. The molecule has 0 fully saturated rings. The monoisotopic (exact) mass is 182 g/mol. The first-order valence-corrected chi connectivity index (χ1v) is 3.73. The maximum atomic E-state index is 10.3. The molecule has 2 aromatic heterocycles. The number of rotatable bonds is 1. The SMILES string of the molecule is O=[N+]([O-])c1cnc2nsnc2c1. The number of nitro groups is 1. The van der Waals surface area contributed by atoms with Crippen LogP contribution in [0.25, 0.3) is 11.2 Å². The van der Waals surface area contributed by atoms with Gasteiger partial charge in [0.05, 0.1) is 16.7 Å². The van der Waals surface area contributed by atoms with Gasteiger partial charge in [0.2, 0.25) is 0 Å². The van der Waals surface area contributed by atoms with Gasteiger partial charge in [-0.3, -0.25) is 10.1 Å². The number of fused-ring (bicyclic) bond motifs is 1. The normalized spacial score (nSPS) is 10.3. The molecule has 0 atom stereocenters. The summed E-state index contributed by atoms with van der Waals surface area (Å²) in [5.74, 6) is 0. The quantitative estimate of drug-likeness (QED) is 0.485. The van der Waals surface area contributed by atoms with Crippen molar-refractivity contribution in [2.24, 2.45) is 0 Å². The second-order valence-electron chi connectivity index (χ2n) is 2.06. The molecule has 0 bridgehead atoms. The maximum absolute atomic E-state index is 10.3. The average molecular weight is 182 g/mol. The van der Waals surface area contributed by atoms with Gasteiger partial charge in [-0.25, -0.2) is 4.98 Å². The third kappa shape index (κ3) is 0.996. The third-order valence-corrected chi connectivity index (χ3v) is 1.84. The topological polar surface area (TPSA) is 81.8 Å². The lowest BCUT2D eigenvalue weighted by atomic mass is 10.4. The summed E-state index contributed by atoms with van der Waals surface area (Å²) >= 11 is 0.988. The Balaban J connectivity index is 2.68. The van der Waals surface area contributed by atoms with Crippen molar-refractivity contribution in [2.45, 2.75) is 0 Å². The standard InChI is InChI=1S/C5H2N4O2S/c10-9(11)3-1-4-5(6-2-3)8-12-7-4/h1-2H. The van der Waals surface area contributed by atoms with E-state index in [-0.39, 0.29) is 5.69 Å². The van der Waals surface area contributed by atoms with Crippen molar-refractivity contribution in [2.75, 3.05) is 0 Å². The Labute approximate surface area is 70.3 Å². The number of hydrogen-bond acceptors (Lipinski definition) is 6. The zero-order chi connectivity index (χ0) is 8.55. The molecule has 0 N–H and O–H groups in total. The molecule has 2 rings (SSSR count). The van der Waals surface area contributed by atoms with Crippen LogP contribution >= 0.6 is 11.7 Å². The fourth-order valence-electron chi connectivity index (χ4n) is 0.776. The van der Waals surface area contributed by atoms with Crippen molar-refractivity contribution in [3.05, 3.63) is 22.4 Å². The Morgan fingerprint density at radius 2 is 2.33 bits per heavy atom. The van der Waals surface area contributed by atoms with Crippen LogP contribution in [0.1, 0.15) is 0 Å². The van der Waals surface area contributed by atoms with Crippen molar-refractivity contribution in [1.29, 1.82) is 0 Å². The number of aromatic nitrogens is 3. The molecule has 0 unspecified atom stereocenters. The fraction of sp³-hybridized carbons (Fsp3) is 0. The molecule has 60 valence electrons. The molecule has 6 nitrogen and oxygen atoms in total. The zero-order valence-corrected chi connectivity index (χ0v) is 6.48. The number of pyridine rings is 1. The van der Waals surface area contributed by atoms with Crippen molar-refractivity contribution in [1.82, 2.24) is 13.7 Å². The van der Waals surface area contributed by atoms with Gasteiger partial charge in [-0.2, -0.15) is 8.75 Å². The molecular weight excluding hydrogens is 180 g/mol. The van der Waals surface area contributed by atoms with Gasteiger partial charge in [-0.15, -0.1) is 0 Å². The third-order valence-electron chi connectivity index (χ3n) is 1.31. The Morgan fingerprint density at radius 3 is 3.08 bits per heavy atom. The van der Waals surface area contributed by atoms with Gasteiger partial charge in [-0.05, 0) is 0 Å². The fourth-order valence-corrected chi connectivity index (χ4v) is 1.26. The van der Waals surface area contributed by atoms with E-state index in [1.54, 1.807) is 0 Å². The molecule has 0 aromatic carbocycles. The highest BCUT2D eigenvalue weighted by Gasteiger charge is 2.08. The molecule has 0 aliphatic carbocycles. The van der Waals surface area contributed by atoms with Crippen molar-refractivity contribution >= 4 is 28.6 Å². The molecule has 0 saturated heterocycles. The van der Waals surface area contributed by atoms with Crippen LogP contribution in [0.4, 0.5) is 5.69 Å². The Bertz CT molecular complexity index is 440. The minimum atomic E-state index is -0.508. The van der Waals surface area contributed by atoms with E-state index in [4.69, 9.17) is 0 Å². The highest BCUT2D eigenvalue weighted by molar-refractivity contribution is 7.00. The van der Waals surface area contributed by atoms with Gasteiger partial charge in [-0.1, -0.05) is 0 Å². The van der Waals surface area contributed by atoms with Crippen LogP contribution in [-0.4, -0.2) is 18.7 Å². The minimum Gasteiger partial charge on any atom is -0.258 e. The van der Waals surface area contributed by atoms with Gasteiger partial charge >= 0.3 is 0 Å². The first-order valence-electron chi connectivity index (χ1n) is 3.00. The second-order valence-corrected chi connectivity index (χ2v) is 2.59. The average Bonchev–Trinajstić information content (AvgIpc) is 2.49. The summed E-state index contributed by atoms with van der Waals surface area (Å²) in [6, 6.07) is 1.35. The molecule has 2 heterocycles. The lowest BCUT2D eigenvalue weighted by Crippen LogP contribution is -1.88. The summed E-state index contributed by atoms with van der Waals surface area (Å²) in [5, 5.41) is 10.3. The van der Waals surface area contributed by atoms with E-state index in [1.165, 1.54) is 12.3 Å². The molecular formula is C5H2N4O2S. The van der Waals surface area contributed by atoms with Crippen LogP contribution in [0.15, 0.2) is 12.3 Å². The lowest BCUT2D eigenvalue weighted by Gasteiger charge is -1.87. The Kier molecular flexibility index (Phi) is 1.44. The van der Waals surface area contributed by atoms with Crippen LogP contribution in [0, 0.1) is 10.1 Å². The molecule has 7 heteroatoms. The van der Waals surface area contributed by atoms with Crippen molar-refractivity contribution < 1.29 is 4.92 Å². The van der Waals surface area contributed by atoms with Gasteiger partial charge < -0.3 is 0 Å². The van der Waals surface area contributed by atoms with Gasteiger partial charge in [0.1, 0.15) is 11.7 Å². The minimum absolute atomic E-state index is 0.0600. The van der Waals surface area contributed by atoms with Crippen LogP contribution in [0.2, 0.25) is 0 Å². The molecule has 0 spiro atoms. The van der Waals surface area contributed by atoms with E-state index in [1.807, 2.05) is 0 Å². The van der Waals surface area contributed by atoms with Crippen LogP contribution in [0.5, 0.6) is 0 Å². The van der Waals surface area contributed by atoms with Crippen LogP contribution in [0.3, 0.4) is 0 Å². The van der Waals surface area contributed by atoms with Gasteiger partial charge in [0.25, 0.3) is 5.69 Å². The Morgan fingerprint density at radius 1 is 1.50 bits per heavy atom. The summed E-state index contributed by atoms with van der Waals surface area (Å²) in [7, 11) is 0. The van der Waals surface area contributed by atoms with Crippen molar-refractivity contribution in [3.8, 4) is 0 Å². The van der Waals surface area contributed by atoms with Crippen molar-refractivity contribution in [3.63, 3.8) is 0 Å². The van der Waals surface area contributed by atoms with E-state index in [2.05, 4.69) is 13.7 Å². The van der Waals surface area contributed by atoms with E-state index < -0.39 is 4.92 Å². The first kappa shape index (κ1) is 7.04. The van der Waals surface area contributed by atoms with E-state index in [0.29, 0.717) is 11.2 Å². The first-order chi connectivity index (χ1) is 5.77. The molecule has 12 heavy (non-hydrogen) atoms. The summed E-state index contributed by atoms with van der Waals surface area (Å²) < 4.78 is 7.64. The summed E-state index contributed by atoms with van der Waals surface area (Å²) in [6.45, 7) is 0. The highest BCUT2D eigenvalue weighted by Crippen LogP contribution is 2.15. The summed E-state index contributed by atoms with van der Waals surface area (Å²) in [4.78, 5) is 13.5. The Hall–Kier alpha value is -1.63. The van der Waals surface area contributed by atoms with E-state index in [0.717, 1.165) is 11.7 Å². The largest absolute Gasteiger partial charge is 0.289 e. The summed E-state index contributed by atoms with van der Waals surface area (Å²) in [6.07, 6.45) is 1.17. The molecule has 0 aliphatic rings. The smallest absolute Gasteiger partial charge is 0.258 e. The highest BCUT2D eigenvalue weighted by atomic mass is 32.1. The maximum Gasteiger partial charge on any atom is 0.289 e. The molecule has 0 aliphatic heterocycles. The molecule has 0 radical (unpaired) electrons. The van der Waals surface area contributed by atoms with E-state index >= 15 is 0 Å². The van der Waals surface area contributed by atoms with E-state index in [9.17, 15) is 10.1 Å². The molecule has 2 aromatic rings. The second kappa shape index (κ2) is 2.45. The van der Waals surface area contributed by atoms with Gasteiger partial charge in [0, 0.05) is 6.07 Å². The van der Waals surface area contributed by atoms with Gasteiger partial charge in [0.15, 0.2) is 5.65 Å². The summed E-state index contributed by atoms with van der Waals surface area (Å²) in [5.41, 5.74) is 0.856.